The van der Waals surface area contributed by atoms with Crippen molar-refractivity contribution in [3.05, 3.63) is 76.0 Å². The topological polar surface area (TPSA) is 43.1 Å². The number of aromatic nitrogens is 1. The lowest BCUT2D eigenvalue weighted by atomic mass is 10.1. The van der Waals surface area contributed by atoms with E-state index in [1.807, 2.05) is 66.9 Å². The molecule has 23 heavy (non-hydrogen) atoms. The summed E-state index contributed by atoms with van der Waals surface area (Å²) >= 11 is 1.45. The first kappa shape index (κ1) is 13.9. The smallest absolute Gasteiger partial charge is 0.346 e. The summed E-state index contributed by atoms with van der Waals surface area (Å²) in [7, 11) is 0. The highest BCUT2D eigenvalue weighted by atomic mass is 32.1. The van der Waals surface area contributed by atoms with Gasteiger partial charge in [0.05, 0.1) is 11.3 Å². The SMILES string of the molecule is Cc1ccc2oc(=O)c(-c3nc(-c4ccccc4)cs3)cc2c1. The van der Waals surface area contributed by atoms with Gasteiger partial charge in [0.25, 0.3) is 0 Å². The van der Waals surface area contributed by atoms with Crippen LogP contribution in [0.3, 0.4) is 0 Å². The standard InChI is InChI=1S/C19H13NO2S/c1-12-7-8-17-14(9-12)10-15(19(21)22-17)18-20-16(11-23-18)13-5-3-2-4-6-13/h2-11H,1H3. The first-order chi connectivity index (χ1) is 11.2. The Morgan fingerprint density at radius 2 is 1.87 bits per heavy atom. The van der Waals surface area contributed by atoms with Crippen molar-refractivity contribution in [1.29, 1.82) is 0 Å². The number of hydrogen-bond donors (Lipinski definition) is 0. The number of benzene rings is 2. The van der Waals surface area contributed by atoms with Crippen molar-refractivity contribution < 1.29 is 4.42 Å². The number of thiazole rings is 1. The molecule has 0 aliphatic carbocycles. The molecule has 0 spiro atoms. The van der Waals surface area contributed by atoms with Crippen molar-refractivity contribution in [2.75, 3.05) is 0 Å². The van der Waals surface area contributed by atoms with Crippen LogP contribution in [0, 0.1) is 6.92 Å². The van der Waals surface area contributed by atoms with Gasteiger partial charge in [-0.05, 0) is 25.1 Å². The van der Waals surface area contributed by atoms with Gasteiger partial charge in [-0.1, -0.05) is 42.0 Å². The maximum atomic E-state index is 12.3. The second-order valence-electron chi connectivity index (χ2n) is 5.39. The lowest BCUT2D eigenvalue weighted by Gasteiger charge is -2.01. The van der Waals surface area contributed by atoms with Crippen molar-refractivity contribution in [3.8, 4) is 21.8 Å². The summed E-state index contributed by atoms with van der Waals surface area (Å²) in [5.41, 5.74) is 3.79. The summed E-state index contributed by atoms with van der Waals surface area (Å²) in [5.74, 6) is 0. The van der Waals surface area contributed by atoms with Crippen LogP contribution in [0.2, 0.25) is 0 Å². The fourth-order valence-electron chi connectivity index (χ4n) is 2.53. The summed E-state index contributed by atoms with van der Waals surface area (Å²) in [6.45, 7) is 2.02. The third-order valence-electron chi connectivity index (χ3n) is 3.69. The van der Waals surface area contributed by atoms with Gasteiger partial charge >= 0.3 is 5.63 Å². The largest absolute Gasteiger partial charge is 0.422 e. The Bertz CT molecular complexity index is 1050. The number of nitrogens with zero attached hydrogens (tertiary/aromatic N) is 1. The Labute approximate surface area is 136 Å². The first-order valence-electron chi connectivity index (χ1n) is 7.26. The zero-order chi connectivity index (χ0) is 15.8. The molecular weight excluding hydrogens is 306 g/mol. The highest BCUT2D eigenvalue weighted by Crippen LogP contribution is 2.28. The van der Waals surface area contributed by atoms with Gasteiger partial charge in [-0.3, -0.25) is 0 Å². The summed E-state index contributed by atoms with van der Waals surface area (Å²) in [5, 5.41) is 3.56. The Morgan fingerprint density at radius 3 is 2.70 bits per heavy atom. The summed E-state index contributed by atoms with van der Waals surface area (Å²) in [6.07, 6.45) is 0. The van der Waals surface area contributed by atoms with Gasteiger partial charge in [0, 0.05) is 16.3 Å². The van der Waals surface area contributed by atoms with E-state index in [2.05, 4.69) is 4.98 Å². The third-order valence-corrected chi connectivity index (χ3v) is 4.57. The van der Waals surface area contributed by atoms with Crippen LogP contribution in [0.25, 0.3) is 32.8 Å². The van der Waals surface area contributed by atoms with E-state index < -0.39 is 0 Å². The minimum absolute atomic E-state index is 0.352. The number of hydrogen-bond acceptors (Lipinski definition) is 4. The summed E-state index contributed by atoms with van der Waals surface area (Å²) in [4.78, 5) is 16.9. The molecule has 3 nitrogen and oxygen atoms in total. The second kappa shape index (κ2) is 5.48. The highest BCUT2D eigenvalue weighted by Gasteiger charge is 2.12. The summed E-state index contributed by atoms with van der Waals surface area (Å²) < 4.78 is 5.43. The average Bonchev–Trinajstić information content (AvgIpc) is 3.05. The maximum absolute atomic E-state index is 12.3. The normalized spacial score (nSPS) is 11.0. The Balaban J connectivity index is 1.85. The van der Waals surface area contributed by atoms with E-state index in [9.17, 15) is 4.79 Å². The molecule has 0 aliphatic rings. The summed E-state index contributed by atoms with van der Waals surface area (Å²) in [6, 6.07) is 17.6. The Morgan fingerprint density at radius 1 is 1.04 bits per heavy atom. The van der Waals surface area contributed by atoms with Crippen LogP contribution in [0.5, 0.6) is 0 Å². The van der Waals surface area contributed by atoms with Gasteiger partial charge in [0.2, 0.25) is 0 Å². The molecule has 4 rings (SSSR count). The molecule has 0 aliphatic heterocycles. The van der Waals surface area contributed by atoms with Gasteiger partial charge in [-0.2, -0.15) is 0 Å². The average molecular weight is 319 g/mol. The zero-order valence-electron chi connectivity index (χ0n) is 12.4. The van der Waals surface area contributed by atoms with E-state index in [1.54, 1.807) is 0 Å². The van der Waals surface area contributed by atoms with Crippen LogP contribution in [-0.2, 0) is 0 Å². The van der Waals surface area contributed by atoms with Crippen LogP contribution >= 0.6 is 11.3 Å². The minimum Gasteiger partial charge on any atom is -0.422 e. The predicted octanol–water partition coefficient (Wildman–Crippen LogP) is 4.89. The lowest BCUT2D eigenvalue weighted by molar-refractivity contribution is 0.563. The van der Waals surface area contributed by atoms with Crippen molar-refractivity contribution >= 4 is 22.3 Å². The van der Waals surface area contributed by atoms with Crippen molar-refractivity contribution in [3.63, 3.8) is 0 Å². The number of aryl methyl sites for hydroxylation is 1. The molecule has 0 radical (unpaired) electrons. The van der Waals surface area contributed by atoms with E-state index in [-0.39, 0.29) is 5.63 Å². The van der Waals surface area contributed by atoms with Crippen molar-refractivity contribution in [1.82, 2.24) is 4.98 Å². The second-order valence-corrected chi connectivity index (χ2v) is 6.25. The highest BCUT2D eigenvalue weighted by molar-refractivity contribution is 7.13. The molecule has 2 aromatic heterocycles. The molecule has 2 heterocycles. The zero-order valence-corrected chi connectivity index (χ0v) is 13.3. The van der Waals surface area contributed by atoms with Crippen LogP contribution in [0.4, 0.5) is 0 Å². The van der Waals surface area contributed by atoms with E-state index in [1.165, 1.54) is 11.3 Å². The molecule has 0 unspecified atom stereocenters. The lowest BCUT2D eigenvalue weighted by Crippen LogP contribution is -2.02. The van der Waals surface area contributed by atoms with Gasteiger partial charge in [-0.25, -0.2) is 9.78 Å². The molecule has 2 aromatic carbocycles. The van der Waals surface area contributed by atoms with Gasteiger partial charge < -0.3 is 4.42 Å². The predicted molar refractivity (Wildman–Crippen MR) is 93.8 cm³/mol. The third kappa shape index (κ3) is 2.58. The van der Waals surface area contributed by atoms with Crippen LogP contribution in [-0.4, -0.2) is 4.98 Å². The molecule has 0 N–H and O–H groups in total. The Kier molecular flexibility index (Phi) is 3.32. The maximum Gasteiger partial charge on any atom is 0.346 e. The van der Waals surface area contributed by atoms with Crippen molar-refractivity contribution in [2.24, 2.45) is 0 Å². The fourth-order valence-corrected chi connectivity index (χ4v) is 3.36. The molecule has 4 aromatic rings. The Hall–Kier alpha value is -2.72. The van der Waals surface area contributed by atoms with Gasteiger partial charge in [0.15, 0.2) is 0 Å². The van der Waals surface area contributed by atoms with E-state index >= 15 is 0 Å². The van der Waals surface area contributed by atoms with E-state index in [4.69, 9.17) is 4.42 Å². The quantitative estimate of drug-likeness (QED) is 0.494. The molecule has 0 atom stereocenters. The molecule has 0 fully saturated rings. The monoisotopic (exact) mass is 319 g/mol. The fraction of sp³-hybridized carbons (Fsp3) is 0.0526. The van der Waals surface area contributed by atoms with Gasteiger partial charge in [-0.15, -0.1) is 11.3 Å². The molecule has 112 valence electrons. The molecule has 0 saturated carbocycles. The first-order valence-corrected chi connectivity index (χ1v) is 8.14. The molecule has 4 heteroatoms. The number of rotatable bonds is 2. The van der Waals surface area contributed by atoms with Crippen LogP contribution < -0.4 is 5.63 Å². The molecule has 0 amide bonds. The minimum atomic E-state index is -0.352. The number of fused-ring (bicyclic) bond motifs is 1. The van der Waals surface area contributed by atoms with E-state index in [0.29, 0.717) is 16.2 Å². The van der Waals surface area contributed by atoms with Gasteiger partial charge in [0.1, 0.15) is 10.6 Å². The van der Waals surface area contributed by atoms with Crippen LogP contribution in [0.15, 0.2) is 69.2 Å². The van der Waals surface area contributed by atoms with E-state index in [0.717, 1.165) is 22.2 Å². The van der Waals surface area contributed by atoms with Crippen molar-refractivity contribution in [2.45, 2.75) is 6.92 Å². The molecule has 0 saturated heterocycles. The molecular formula is C19H13NO2S. The molecule has 0 bridgehead atoms. The van der Waals surface area contributed by atoms with Crippen LogP contribution in [0.1, 0.15) is 5.56 Å².